The molecule has 0 unspecified atom stereocenters. The lowest BCUT2D eigenvalue weighted by Gasteiger charge is -2.05. The molecule has 9 heteroatoms. The van der Waals surface area contributed by atoms with E-state index in [1.54, 1.807) is 0 Å². The van der Waals surface area contributed by atoms with Crippen LogP contribution in [0.3, 0.4) is 0 Å². The first-order chi connectivity index (χ1) is 9.15. The minimum absolute atomic E-state index is 0.0810. The summed E-state index contributed by atoms with van der Waals surface area (Å²) in [5, 5.41) is 2.21. The molecule has 2 N–H and O–H groups in total. The van der Waals surface area contributed by atoms with Gasteiger partial charge >= 0.3 is 6.18 Å². The number of H-pyrrole nitrogens is 1. The van der Waals surface area contributed by atoms with Gasteiger partial charge in [0.25, 0.3) is 0 Å². The Hall–Kier alpha value is -1.61. The van der Waals surface area contributed by atoms with Gasteiger partial charge in [0.15, 0.2) is 9.84 Å². The smallest absolute Gasteiger partial charge is 0.341 e. The van der Waals surface area contributed by atoms with Crippen LogP contribution >= 0.6 is 0 Å². The number of hydrogen-bond donors (Lipinski definition) is 2. The molecule has 0 fully saturated rings. The topological polar surface area (TPSA) is 74.8 Å². The average Bonchev–Trinajstić information content (AvgIpc) is 2.67. The second-order valence-corrected chi connectivity index (χ2v) is 6.37. The zero-order chi connectivity index (χ0) is 15.0. The van der Waals surface area contributed by atoms with Crippen LogP contribution in [0.1, 0.15) is 5.82 Å². The van der Waals surface area contributed by atoms with Crippen LogP contribution in [0.25, 0.3) is 11.0 Å². The van der Waals surface area contributed by atoms with Gasteiger partial charge in [0.05, 0.1) is 29.0 Å². The number of nitrogens with zero attached hydrogens (tertiary/aromatic N) is 1. The van der Waals surface area contributed by atoms with E-state index in [2.05, 4.69) is 15.3 Å². The van der Waals surface area contributed by atoms with E-state index >= 15 is 0 Å². The fourth-order valence-corrected chi connectivity index (χ4v) is 2.33. The number of rotatable bonds is 4. The molecule has 0 spiro atoms. The molecule has 110 valence electrons. The number of halogens is 3. The monoisotopic (exact) mass is 307 g/mol. The lowest BCUT2D eigenvalue weighted by atomic mass is 10.3. The Morgan fingerprint density at radius 3 is 2.65 bits per heavy atom. The Morgan fingerprint density at radius 1 is 1.35 bits per heavy atom. The molecule has 2 rings (SSSR count). The van der Waals surface area contributed by atoms with Crippen molar-refractivity contribution in [3.8, 4) is 0 Å². The van der Waals surface area contributed by atoms with Crippen molar-refractivity contribution in [1.29, 1.82) is 0 Å². The van der Waals surface area contributed by atoms with E-state index in [1.807, 2.05) is 0 Å². The summed E-state index contributed by atoms with van der Waals surface area (Å²) in [5.41, 5.74) is 0.970. The number of aromatic nitrogens is 2. The predicted octanol–water partition coefficient (Wildman–Crippen LogP) is 1.62. The maximum atomic E-state index is 12.0. The minimum atomic E-state index is -4.28. The van der Waals surface area contributed by atoms with Crippen LogP contribution in [0.15, 0.2) is 23.1 Å². The van der Waals surface area contributed by atoms with Crippen molar-refractivity contribution in [1.82, 2.24) is 15.3 Å². The van der Waals surface area contributed by atoms with Crippen LogP contribution in [0.2, 0.25) is 0 Å². The highest BCUT2D eigenvalue weighted by Gasteiger charge is 2.26. The quantitative estimate of drug-likeness (QED) is 0.900. The van der Waals surface area contributed by atoms with E-state index in [4.69, 9.17) is 0 Å². The van der Waals surface area contributed by atoms with E-state index in [1.165, 1.54) is 18.2 Å². The second-order valence-electron chi connectivity index (χ2n) is 4.35. The highest BCUT2D eigenvalue weighted by atomic mass is 32.2. The van der Waals surface area contributed by atoms with Crippen LogP contribution in [0.5, 0.6) is 0 Å². The summed E-state index contributed by atoms with van der Waals surface area (Å²) in [6.45, 7) is -1.19. The van der Waals surface area contributed by atoms with Crippen molar-refractivity contribution >= 4 is 20.9 Å². The van der Waals surface area contributed by atoms with Crippen molar-refractivity contribution < 1.29 is 21.6 Å². The molecule has 0 atom stereocenters. The predicted molar refractivity (Wildman–Crippen MR) is 67.0 cm³/mol. The molecule has 1 aromatic carbocycles. The largest absolute Gasteiger partial charge is 0.401 e. The molecule has 1 heterocycles. The molecule has 20 heavy (non-hydrogen) atoms. The zero-order valence-electron chi connectivity index (χ0n) is 10.5. The van der Waals surface area contributed by atoms with Gasteiger partial charge in [0.2, 0.25) is 0 Å². The Kier molecular flexibility index (Phi) is 3.74. The minimum Gasteiger partial charge on any atom is -0.341 e. The number of alkyl halides is 3. The molecule has 0 saturated carbocycles. The first-order valence-corrected chi connectivity index (χ1v) is 7.50. The van der Waals surface area contributed by atoms with E-state index < -0.39 is 22.6 Å². The maximum Gasteiger partial charge on any atom is 0.401 e. The number of fused-ring (bicyclic) bond motifs is 1. The van der Waals surface area contributed by atoms with Crippen molar-refractivity contribution in [3.05, 3.63) is 24.0 Å². The van der Waals surface area contributed by atoms with Gasteiger partial charge in [-0.25, -0.2) is 13.4 Å². The van der Waals surface area contributed by atoms with Gasteiger partial charge in [0.1, 0.15) is 5.82 Å². The summed E-state index contributed by atoms with van der Waals surface area (Å²) in [4.78, 5) is 6.99. The van der Waals surface area contributed by atoms with Crippen LogP contribution in [-0.4, -0.2) is 37.4 Å². The molecule has 0 saturated heterocycles. The summed E-state index contributed by atoms with van der Waals surface area (Å²) < 4.78 is 58.7. The van der Waals surface area contributed by atoms with E-state index in [9.17, 15) is 21.6 Å². The Labute approximate surface area is 113 Å². The molecule has 2 aromatic rings. The number of sulfone groups is 1. The lowest BCUT2D eigenvalue weighted by molar-refractivity contribution is -0.125. The normalized spacial score (nSPS) is 13.0. The summed E-state index contributed by atoms with van der Waals surface area (Å²) >= 11 is 0. The summed E-state index contributed by atoms with van der Waals surface area (Å²) in [7, 11) is -3.33. The first-order valence-electron chi connectivity index (χ1n) is 5.61. The van der Waals surface area contributed by atoms with Crippen LogP contribution in [0, 0.1) is 0 Å². The van der Waals surface area contributed by atoms with Crippen LogP contribution in [-0.2, 0) is 16.4 Å². The second kappa shape index (κ2) is 5.06. The molecule has 0 aliphatic carbocycles. The molecule has 5 nitrogen and oxygen atoms in total. The zero-order valence-corrected chi connectivity index (χ0v) is 11.3. The van der Waals surface area contributed by atoms with Gasteiger partial charge in [-0.15, -0.1) is 0 Å². The van der Waals surface area contributed by atoms with Gasteiger partial charge < -0.3 is 10.3 Å². The van der Waals surface area contributed by atoms with Gasteiger partial charge in [0, 0.05) is 6.26 Å². The first kappa shape index (κ1) is 14.8. The number of benzene rings is 1. The molecule has 0 amide bonds. The van der Waals surface area contributed by atoms with Crippen LogP contribution in [0.4, 0.5) is 13.2 Å². The van der Waals surface area contributed by atoms with Crippen molar-refractivity contribution in [2.75, 3.05) is 12.8 Å². The van der Waals surface area contributed by atoms with Gasteiger partial charge in [-0.05, 0) is 18.2 Å². The molecule has 0 bridgehead atoms. The summed E-state index contributed by atoms with van der Waals surface area (Å²) in [6, 6.07) is 4.33. The fourth-order valence-electron chi connectivity index (χ4n) is 1.68. The number of imidazole rings is 1. The van der Waals surface area contributed by atoms with Gasteiger partial charge in [-0.3, -0.25) is 0 Å². The summed E-state index contributed by atoms with van der Waals surface area (Å²) in [5.74, 6) is 0.315. The van der Waals surface area contributed by atoms with Crippen molar-refractivity contribution in [3.63, 3.8) is 0 Å². The number of aromatic amines is 1. The standard InChI is InChI=1S/C11H12F3N3O2S/c1-20(18,19)7-2-3-8-9(4-7)17-10(16-8)5-15-6-11(12,13)14/h2-4,15H,5-6H2,1H3,(H,16,17). The number of hydrogen-bond acceptors (Lipinski definition) is 4. The van der Waals surface area contributed by atoms with E-state index in [0.29, 0.717) is 16.9 Å². The third-order valence-electron chi connectivity index (χ3n) is 2.55. The molecule has 0 radical (unpaired) electrons. The highest BCUT2D eigenvalue weighted by Crippen LogP contribution is 2.17. The van der Waals surface area contributed by atoms with E-state index in [-0.39, 0.29) is 11.4 Å². The van der Waals surface area contributed by atoms with Crippen molar-refractivity contribution in [2.45, 2.75) is 17.6 Å². The Bertz CT molecular complexity index is 722. The fraction of sp³-hybridized carbons (Fsp3) is 0.364. The maximum absolute atomic E-state index is 12.0. The Balaban J connectivity index is 2.17. The van der Waals surface area contributed by atoms with E-state index in [0.717, 1.165) is 6.26 Å². The van der Waals surface area contributed by atoms with Gasteiger partial charge in [-0.1, -0.05) is 0 Å². The molecular formula is C11H12F3N3O2S. The lowest BCUT2D eigenvalue weighted by Crippen LogP contribution is -2.28. The average molecular weight is 307 g/mol. The summed E-state index contributed by atoms with van der Waals surface area (Å²) in [6.07, 6.45) is -3.20. The third kappa shape index (κ3) is 3.70. The SMILES string of the molecule is CS(=O)(=O)c1ccc2nc(CNCC(F)(F)F)[nH]c2c1. The molecule has 1 aromatic heterocycles. The molecule has 0 aliphatic rings. The third-order valence-corrected chi connectivity index (χ3v) is 3.66. The van der Waals surface area contributed by atoms with Crippen molar-refractivity contribution in [2.24, 2.45) is 0 Å². The van der Waals surface area contributed by atoms with Gasteiger partial charge in [-0.2, -0.15) is 13.2 Å². The molecular weight excluding hydrogens is 295 g/mol. The molecule has 0 aliphatic heterocycles. The van der Waals surface area contributed by atoms with Crippen LogP contribution < -0.4 is 5.32 Å². The number of nitrogens with one attached hydrogen (secondary N) is 2. The Morgan fingerprint density at radius 2 is 2.05 bits per heavy atom. The highest BCUT2D eigenvalue weighted by molar-refractivity contribution is 7.90.